The van der Waals surface area contributed by atoms with E-state index < -0.39 is 6.10 Å². The second-order valence-corrected chi connectivity index (χ2v) is 6.25. The van der Waals surface area contributed by atoms with Gasteiger partial charge >= 0.3 is 0 Å². The van der Waals surface area contributed by atoms with E-state index in [0.29, 0.717) is 12.2 Å². The van der Waals surface area contributed by atoms with Crippen molar-refractivity contribution in [3.05, 3.63) is 72.8 Å². The van der Waals surface area contributed by atoms with Crippen molar-refractivity contribution in [2.75, 3.05) is 5.32 Å². The lowest BCUT2D eigenvalue weighted by atomic mass is 10.1. The van der Waals surface area contributed by atoms with Crippen molar-refractivity contribution in [2.45, 2.75) is 19.4 Å². The maximum atomic E-state index is 12.6. The minimum Gasteiger partial charge on any atom is -0.481 e. The van der Waals surface area contributed by atoms with Gasteiger partial charge in [0.15, 0.2) is 6.10 Å². The van der Waals surface area contributed by atoms with E-state index in [4.69, 9.17) is 4.74 Å². The molecule has 0 aliphatic carbocycles. The molecule has 1 heterocycles. The number of aromatic nitrogens is 1. The third-order valence-electron chi connectivity index (χ3n) is 4.46. The summed E-state index contributed by atoms with van der Waals surface area (Å²) in [5.74, 6) is 0.553. The largest absolute Gasteiger partial charge is 0.481 e. The van der Waals surface area contributed by atoms with Crippen LogP contribution in [0, 0.1) is 0 Å². The van der Waals surface area contributed by atoms with Gasteiger partial charge in [-0.2, -0.15) is 0 Å². The number of benzene rings is 3. The van der Waals surface area contributed by atoms with Crippen LogP contribution in [-0.2, 0) is 4.79 Å². The Kier molecular flexibility index (Phi) is 4.32. The summed E-state index contributed by atoms with van der Waals surface area (Å²) < 4.78 is 5.82. The van der Waals surface area contributed by atoms with Crippen molar-refractivity contribution in [1.82, 2.24) is 4.98 Å². The average Bonchev–Trinajstić information content (AvgIpc) is 3.05. The highest BCUT2D eigenvalue weighted by atomic mass is 16.5. The molecule has 4 nitrogen and oxygen atoms in total. The van der Waals surface area contributed by atoms with Gasteiger partial charge in [0.05, 0.1) is 0 Å². The zero-order valence-corrected chi connectivity index (χ0v) is 14.5. The summed E-state index contributed by atoms with van der Waals surface area (Å²) in [7, 11) is 0. The molecule has 1 amide bonds. The van der Waals surface area contributed by atoms with Gasteiger partial charge in [-0.3, -0.25) is 4.79 Å². The van der Waals surface area contributed by atoms with Gasteiger partial charge in [-0.1, -0.05) is 43.3 Å². The normalized spacial score (nSPS) is 12.2. The quantitative estimate of drug-likeness (QED) is 0.528. The van der Waals surface area contributed by atoms with Gasteiger partial charge in [0.2, 0.25) is 0 Å². The first-order valence-electron chi connectivity index (χ1n) is 8.77. The van der Waals surface area contributed by atoms with Gasteiger partial charge in [0, 0.05) is 27.5 Å². The summed E-state index contributed by atoms with van der Waals surface area (Å²) >= 11 is 0. The maximum Gasteiger partial charge on any atom is 0.265 e. The summed E-state index contributed by atoms with van der Waals surface area (Å²) in [6, 6.07) is 23.5. The van der Waals surface area contributed by atoms with Gasteiger partial charge < -0.3 is 15.0 Å². The van der Waals surface area contributed by atoms with Gasteiger partial charge in [-0.05, 0) is 42.8 Å². The molecule has 0 saturated carbocycles. The highest BCUT2D eigenvalue weighted by Gasteiger charge is 2.18. The molecule has 4 heteroatoms. The number of nitrogens with one attached hydrogen (secondary N) is 2. The van der Waals surface area contributed by atoms with Gasteiger partial charge in [-0.25, -0.2) is 0 Å². The lowest BCUT2D eigenvalue weighted by Crippen LogP contribution is -2.32. The number of H-pyrrole nitrogens is 1. The molecule has 0 unspecified atom stereocenters. The number of carbonyl (C=O) groups excluding carboxylic acids is 1. The SMILES string of the molecule is CC[C@H](Oc1ccccc1)C(=O)Nc1ccc2[nH]c3ccccc3c2c1. The third-order valence-corrected chi connectivity index (χ3v) is 4.46. The molecule has 0 aliphatic rings. The van der Waals surface area contributed by atoms with Gasteiger partial charge in [0.25, 0.3) is 5.91 Å². The number of ether oxygens (including phenoxy) is 1. The summed E-state index contributed by atoms with van der Waals surface area (Å²) in [5.41, 5.74) is 2.91. The van der Waals surface area contributed by atoms with Crippen molar-refractivity contribution < 1.29 is 9.53 Å². The van der Waals surface area contributed by atoms with Gasteiger partial charge in [0.1, 0.15) is 5.75 Å². The minimum atomic E-state index is -0.531. The smallest absolute Gasteiger partial charge is 0.265 e. The van der Waals surface area contributed by atoms with Crippen LogP contribution in [0.2, 0.25) is 0 Å². The minimum absolute atomic E-state index is 0.143. The maximum absolute atomic E-state index is 12.6. The van der Waals surface area contributed by atoms with Crippen LogP contribution in [0.25, 0.3) is 21.8 Å². The van der Waals surface area contributed by atoms with Crippen molar-refractivity contribution in [3.8, 4) is 5.75 Å². The zero-order chi connectivity index (χ0) is 17.9. The predicted octanol–water partition coefficient (Wildman–Crippen LogP) is 5.12. The van der Waals surface area contributed by atoms with Crippen LogP contribution in [0.3, 0.4) is 0 Å². The number of hydrogen-bond acceptors (Lipinski definition) is 2. The van der Waals surface area contributed by atoms with Crippen LogP contribution < -0.4 is 10.1 Å². The fourth-order valence-corrected chi connectivity index (χ4v) is 3.13. The van der Waals surface area contributed by atoms with E-state index in [1.807, 2.05) is 67.6 Å². The summed E-state index contributed by atoms with van der Waals surface area (Å²) in [5, 5.41) is 5.22. The Labute approximate surface area is 151 Å². The molecule has 1 atom stereocenters. The molecule has 1 aromatic heterocycles. The molecule has 3 aromatic carbocycles. The fourth-order valence-electron chi connectivity index (χ4n) is 3.13. The first-order valence-corrected chi connectivity index (χ1v) is 8.77. The molecular weight excluding hydrogens is 324 g/mol. The van der Waals surface area contributed by atoms with E-state index in [9.17, 15) is 4.79 Å². The molecule has 130 valence electrons. The van der Waals surface area contributed by atoms with Crippen molar-refractivity contribution >= 4 is 33.4 Å². The van der Waals surface area contributed by atoms with Gasteiger partial charge in [-0.15, -0.1) is 0 Å². The van der Waals surface area contributed by atoms with E-state index in [-0.39, 0.29) is 5.91 Å². The lowest BCUT2D eigenvalue weighted by Gasteiger charge is -2.17. The number of fused-ring (bicyclic) bond motifs is 3. The number of aromatic amines is 1. The number of amides is 1. The fraction of sp³-hybridized carbons (Fsp3) is 0.136. The Morgan fingerprint density at radius 2 is 1.69 bits per heavy atom. The molecule has 0 aliphatic heterocycles. The monoisotopic (exact) mass is 344 g/mol. The molecule has 0 radical (unpaired) electrons. The Morgan fingerprint density at radius 3 is 2.50 bits per heavy atom. The van der Waals surface area contributed by atoms with Crippen LogP contribution >= 0.6 is 0 Å². The standard InChI is InChI=1S/C22H20N2O2/c1-2-21(26-16-8-4-3-5-9-16)22(25)23-15-12-13-20-18(14-15)17-10-6-7-11-19(17)24-20/h3-14,21,24H,2H2,1H3,(H,23,25)/t21-/m0/s1. The lowest BCUT2D eigenvalue weighted by molar-refractivity contribution is -0.122. The second kappa shape index (κ2) is 6.92. The van der Waals surface area contributed by atoms with Crippen molar-refractivity contribution in [3.63, 3.8) is 0 Å². The van der Waals surface area contributed by atoms with Crippen LogP contribution in [0.1, 0.15) is 13.3 Å². The number of hydrogen-bond donors (Lipinski definition) is 2. The molecule has 4 aromatic rings. The van der Waals surface area contributed by atoms with Crippen molar-refractivity contribution in [1.29, 1.82) is 0 Å². The highest BCUT2D eigenvalue weighted by Crippen LogP contribution is 2.27. The Morgan fingerprint density at radius 1 is 0.962 bits per heavy atom. The number of para-hydroxylation sites is 2. The van der Waals surface area contributed by atoms with Crippen LogP contribution in [0.4, 0.5) is 5.69 Å². The Balaban J connectivity index is 1.57. The van der Waals surface area contributed by atoms with E-state index in [1.54, 1.807) is 0 Å². The Bertz CT molecular complexity index is 1050. The van der Waals surface area contributed by atoms with Crippen LogP contribution in [0.15, 0.2) is 72.8 Å². The number of carbonyl (C=O) groups is 1. The number of anilines is 1. The Hall–Kier alpha value is -3.27. The van der Waals surface area contributed by atoms with E-state index in [2.05, 4.69) is 22.4 Å². The predicted molar refractivity (Wildman–Crippen MR) is 106 cm³/mol. The molecule has 0 saturated heterocycles. The van der Waals surface area contributed by atoms with Crippen LogP contribution in [-0.4, -0.2) is 17.0 Å². The molecular formula is C22H20N2O2. The average molecular weight is 344 g/mol. The summed E-state index contributed by atoms with van der Waals surface area (Å²) in [6.45, 7) is 1.94. The molecule has 4 rings (SSSR count). The molecule has 2 N–H and O–H groups in total. The molecule has 26 heavy (non-hydrogen) atoms. The van der Waals surface area contributed by atoms with Crippen molar-refractivity contribution in [2.24, 2.45) is 0 Å². The third kappa shape index (κ3) is 3.14. The molecule has 0 spiro atoms. The number of rotatable bonds is 5. The zero-order valence-electron chi connectivity index (χ0n) is 14.5. The summed E-state index contributed by atoms with van der Waals surface area (Å²) in [6.07, 6.45) is 0.0619. The van der Waals surface area contributed by atoms with Crippen LogP contribution in [0.5, 0.6) is 5.75 Å². The van der Waals surface area contributed by atoms with E-state index >= 15 is 0 Å². The summed E-state index contributed by atoms with van der Waals surface area (Å²) in [4.78, 5) is 16.0. The second-order valence-electron chi connectivity index (χ2n) is 6.25. The van der Waals surface area contributed by atoms with E-state index in [1.165, 1.54) is 0 Å². The first-order chi connectivity index (χ1) is 12.7. The molecule has 0 bridgehead atoms. The van der Waals surface area contributed by atoms with E-state index in [0.717, 1.165) is 27.5 Å². The first kappa shape index (κ1) is 16.2. The molecule has 0 fully saturated rings. The highest BCUT2D eigenvalue weighted by molar-refractivity contribution is 6.09. The topological polar surface area (TPSA) is 54.1 Å².